The van der Waals surface area contributed by atoms with Crippen LogP contribution in [0.1, 0.15) is 78.0 Å². The third-order valence-electron chi connectivity index (χ3n) is 14.7. The number of ether oxygens (including phenoxy) is 5. The zero-order valence-electron chi connectivity index (χ0n) is 43.8. The number of imidazole rings is 2. The van der Waals surface area contributed by atoms with Crippen LogP contribution in [0.4, 0.5) is 8.78 Å². The van der Waals surface area contributed by atoms with Crippen molar-refractivity contribution in [3.8, 4) is 33.8 Å². The van der Waals surface area contributed by atoms with E-state index in [4.69, 9.17) is 33.7 Å². The van der Waals surface area contributed by atoms with Gasteiger partial charge in [0.05, 0.1) is 53.5 Å². The maximum absolute atomic E-state index is 15.6. The molecular weight excluding hydrogens is 1000 g/mol. The molecule has 12 nitrogen and oxygen atoms in total. The second kappa shape index (κ2) is 22.9. The average Bonchev–Trinajstić information content (AvgIpc) is 4.45. The Kier molecular flexibility index (Phi) is 15.1. The van der Waals surface area contributed by atoms with Gasteiger partial charge in [-0.05, 0) is 93.0 Å². The second-order valence-electron chi connectivity index (χ2n) is 19.5. The fourth-order valence-electron chi connectivity index (χ4n) is 10.6. The Morgan fingerprint density at radius 3 is 1.44 bits per heavy atom. The molecule has 2 atom stereocenters. The van der Waals surface area contributed by atoms with Crippen molar-refractivity contribution < 1.29 is 47.2 Å². The average molecular weight is 1060 g/mol. The molecule has 79 heavy (non-hydrogen) atoms. The lowest BCUT2D eigenvalue weighted by atomic mass is 9.98. The number of aromatic carboxylic acids is 1. The molecule has 12 rings (SSSR count). The third kappa shape index (κ3) is 10.9. The topological polar surface area (TPSA) is 136 Å². The highest BCUT2D eigenvalue weighted by molar-refractivity contribution is 5.94. The summed E-state index contributed by atoms with van der Waals surface area (Å²) in [5.41, 5.74) is 12.2. The van der Waals surface area contributed by atoms with Crippen LogP contribution >= 0.6 is 0 Å². The number of halogens is 2. The van der Waals surface area contributed by atoms with Crippen molar-refractivity contribution >= 4 is 34.0 Å². The first-order valence-corrected chi connectivity index (χ1v) is 26.1. The smallest absolute Gasteiger partial charge is 0.337 e. The molecule has 0 amide bonds. The lowest BCUT2D eigenvalue weighted by molar-refractivity contribution is 0.0600. The maximum atomic E-state index is 15.6. The second-order valence-corrected chi connectivity index (χ2v) is 19.5. The maximum Gasteiger partial charge on any atom is 0.337 e. The number of methoxy groups -OCH3 is 3. The quantitative estimate of drug-likeness (QED) is 0.0932. The zero-order valence-corrected chi connectivity index (χ0v) is 43.8. The van der Waals surface area contributed by atoms with Gasteiger partial charge in [0.15, 0.2) is 0 Å². The van der Waals surface area contributed by atoms with Gasteiger partial charge in [-0.2, -0.15) is 0 Å². The minimum absolute atomic E-state index is 0.0544. The number of hydrogen-bond donors (Lipinski definition) is 1. The number of esters is 1. The summed E-state index contributed by atoms with van der Waals surface area (Å²) in [6.07, 6.45) is 1.98. The Morgan fingerprint density at radius 2 is 1.01 bits per heavy atom. The van der Waals surface area contributed by atoms with Crippen LogP contribution in [0.15, 0.2) is 170 Å². The molecule has 2 aliphatic rings. The van der Waals surface area contributed by atoms with Crippen LogP contribution in [0.3, 0.4) is 0 Å². The van der Waals surface area contributed by atoms with Gasteiger partial charge in [-0.15, -0.1) is 0 Å². The largest absolute Gasteiger partial charge is 0.484 e. The fourth-order valence-corrected chi connectivity index (χ4v) is 10.6. The van der Waals surface area contributed by atoms with Crippen molar-refractivity contribution in [2.75, 3.05) is 34.5 Å². The Labute approximate surface area is 455 Å². The molecule has 2 aliphatic heterocycles. The van der Waals surface area contributed by atoms with Crippen molar-refractivity contribution in [1.82, 2.24) is 19.1 Å². The summed E-state index contributed by atoms with van der Waals surface area (Å²) in [4.78, 5) is 33.1. The van der Waals surface area contributed by atoms with Crippen LogP contribution in [-0.4, -0.2) is 70.7 Å². The molecular formula is C65H56F2N4O8. The number of rotatable bonds is 16. The Hall–Kier alpha value is -8.98. The standard InChI is InChI=1S/C33H29FN2O4.C32H27FN2O4/c1-38-16-15-36-29-18-25(33(37)39-2)13-14-28(29)35-31(36)20-23-12-11-22(17-27(23)34)26-10-6-9-24-19-30(40-32(24)26)21-7-4-3-5-8-21;1-38-15-14-35-28-17-24(32(36)37)12-13-27(28)34-30(35)19-22-11-10-21(16-26(22)33)25-9-5-8-23-18-29(39-31(23)25)20-6-3-2-4-7-20/h3-14,17-18,30H,15-16,19-20H2,1-2H3;2-13,16-17,29H,14-15,18-19H2,1H3,(H,36,37). The van der Waals surface area contributed by atoms with E-state index in [0.29, 0.717) is 65.7 Å². The molecule has 8 aromatic carbocycles. The number of aromatic nitrogens is 4. The number of para-hydroxylation sites is 2. The molecule has 2 aromatic heterocycles. The summed E-state index contributed by atoms with van der Waals surface area (Å²) in [6.45, 7) is 1.86. The summed E-state index contributed by atoms with van der Waals surface area (Å²) < 4.78 is 63.2. The van der Waals surface area contributed by atoms with E-state index in [2.05, 4.69) is 36.4 Å². The number of carbonyl (C=O) groups excluding carboxylic acids is 1. The van der Waals surface area contributed by atoms with E-state index in [-0.39, 0.29) is 42.2 Å². The molecule has 0 aliphatic carbocycles. The van der Waals surface area contributed by atoms with Gasteiger partial charge < -0.3 is 37.9 Å². The van der Waals surface area contributed by atoms with E-state index < -0.39 is 11.9 Å². The number of fused-ring (bicyclic) bond motifs is 4. The fraction of sp³-hybridized carbons (Fsp3) is 0.200. The van der Waals surface area contributed by atoms with Gasteiger partial charge in [-0.25, -0.2) is 28.3 Å². The predicted octanol–water partition coefficient (Wildman–Crippen LogP) is 13.0. The van der Waals surface area contributed by atoms with E-state index in [1.165, 1.54) is 13.2 Å². The molecule has 2 unspecified atom stereocenters. The van der Waals surface area contributed by atoms with Crippen LogP contribution in [0.5, 0.6) is 11.5 Å². The van der Waals surface area contributed by atoms with Gasteiger partial charge >= 0.3 is 11.9 Å². The molecule has 0 radical (unpaired) electrons. The van der Waals surface area contributed by atoms with Crippen molar-refractivity contribution in [3.05, 3.63) is 238 Å². The lowest BCUT2D eigenvalue weighted by Crippen LogP contribution is -2.10. The van der Waals surface area contributed by atoms with Crippen molar-refractivity contribution in [2.45, 2.75) is 51.0 Å². The molecule has 4 heterocycles. The van der Waals surface area contributed by atoms with E-state index in [0.717, 1.165) is 79.9 Å². The zero-order chi connectivity index (χ0) is 54.6. The van der Waals surface area contributed by atoms with Gasteiger partial charge in [-0.1, -0.05) is 121 Å². The van der Waals surface area contributed by atoms with Crippen molar-refractivity contribution in [3.63, 3.8) is 0 Å². The number of benzene rings is 8. The van der Waals surface area contributed by atoms with Crippen LogP contribution in [0.2, 0.25) is 0 Å². The molecule has 10 aromatic rings. The molecule has 14 heteroatoms. The summed E-state index contributed by atoms with van der Waals surface area (Å²) in [7, 11) is 4.58. The van der Waals surface area contributed by atoms with Gasteiger partial charge in [-0.3, -0.25) is 0 Å². The molecule has 0 fully saturated rings. The molecule has 398 valence electrons. The highest BCUT2D eigenvalue weighted by Crippen LogP contribution is 2.45. The monoisotopic (exact) mass is 1060 g/mol. The third-order valence-corrected chi connectivity index (χ3v) is 14.7. The van der Waals surface area contributed by atoms with Crippen LogP contribution < -0.4 is 9.47 Å². The summed E-state index contributed by atoms with van der Waals surface area (Å²) in [5.74, 6) is 0.872. The van der Waals surface area contributed by atoms with E-state index >= 15 is 8.78 Å². The van der Waals surface area contributed by atoms with Gasteiger partial charge in [0.1, 0.15) is 47.0 Å². The molecule has 0 bridgehead atoms. The van der Waals surface area contributed by atoms with Gasteiger partial charge in [0.2, 0.25) is 0 Å². The normalized spacial score (nSPS) is 14.3. The van der Waals surface area contributed by atoms with Gasteiger partial charge in [0, 0.05) is 64.1 Å². The van der Waals surface area contributed by atoms with Crippen LogP contribution in [0, 0.1) is 11.6 Å². The molecule has 0 saturated carbocycles. The summed E-state index contributed by atoms with van der Waals surface area (Å²) >= 11 is 0. The predicted molar refractivity (Wildman–Crippen MR) is 298 cm³/mol. The number of carboxylic acids is 1. The minimum atomic E-state index is -1.01. The SMILES string of the molecule is COCCn1c(Cc2ccc(-c3cccc4c3OC(c3ccccc3)C4)cc2F)nc2ccc(C(=O)O)cc21.COCCn1c(Cc2ccc(-c3cccc4c3OC(c3ccccc3)C4)cc2F)nc2ccc(C(=O)OC)cc21. The summed E-state index contributed by atoms with van der Waals surface area (Å²) in [6, 6.07) is 52.9. The van der Waals surface area contributed by atoms with Crippen molar-refractivity contribution in [1.29, 1.82) is 0 Å². The van der Waals surface area contributed by atoms with Crippen LogP contribution in [-0.2, 0) is 53.0 Å². The first kappa shape index (κ1) is 52.1. The first-order valence-electron chi connectivity index (χ1n) is 26.1. The Bertz CT molecular complexity index is 3880. The van der Waals surface area contributed by atoms with Crippen LogP contribution in [0.25, 0.3) is 44.3 Å². The number of hydrogen-bond acceptors (Lipinski definition) is 9. The van der Waals surface area contributed by atoms with Gasteiger partial charge in [0.25, 0.3) is 0 Å². The van der Waals surface area contributed by atoms with E-state index in [9.17, 15) is 14.7 Å². The summed E-state index contributed by atoms with van der Waals surface area (Å²) in [5, 5.41) is 9.43. The van der Waals surface area contributed by atoms with Crippen molar-refractivity contribution in [2.24, 2.45) is 0 Å². The van der Waals surface area contributed by atoms with E-state index in [1.807, 2.05) is 88.0 Å². The number of carboxylic acid groups (broad SMARTS) is 1. The number of nitrogens with zero attached hydrogens (tertiary/aromatic N) is 4. The van der Waals surface area contributed by atoms with E-state index in [1.54, 1.807) is 62.8 Å². The molecule has 0 spiro atoms. The lowest BCUT2D eigenvalue weighted by Gasteiger charge is -2.14. The minimum Gasteiger partial charge on any atom is -0.484 e. The number of carbonyl (C=O) groups is 2. The molecule has 0 saturated heterocycles. The Balaban J connectivity index is 0.000000167. The highest BCUT2D eigenvalue weighted by atomic mass is 19.1. The Morgan fingerprint density at radius 1 is 0.557 bits per heavy atom. The molecule has 1 N–H and O–H groups in total. The first-order chi connectivity index (χ1) is 38.6. The highest BCUT2D eigenvalue weighted by Gasteiger charge is 2.29.